The van der Waals surface area contributed by atoms with Crippen LogP contribution in [0.2, 0.25) is 0 Å². The Kier molecular flexibility index (Phi) is 6.75. The molecule has 0 aliphatic heterocycles. The first kappa shape index (κ1) is 18.7. The standard InChI is InChI=1S/C17H24N2O4/c1-10(2)15(18-12(4)20)16(21)19-14(17(22)23)9-13-7-5-6-11(3)8-13/h5-8,10,14-15H,9H2,1-4H3,(H,18,20)(H,19,21)(H,22,23)/t14-,15-/m1/s1. The third kappa shape index (κ3) is 6.10. The Labute approximate surface area is 136 Å². The summed E-state index contributed by atoms with van der Waals surface area (Å²) >= 11 is 0. The topological polar surface area (TPSA) is 95.5 Å². The van der Waals surface area contributed by atoms with Crippen LogP contribution in [0, 0.1) is 12.8 Å². The van der Waals surface area contributed by atoms with Crippen LogP contribution in [-0.4, -0.2) is 35.0 Å². The van der Waals surface area contributed by atoms with Crippen molar-refractivity contribution < 1.29 is 19.5 Å². The minimum absolute atomic E-state index is 0.146. The molecule has 6 heteroatoms. The van der Waals surface area contributed by atoms with Gasteiger partial charge in [0.25, 0.3) is 0 Å². The second-order valence-electron chi connectivity index (χ2n) is 6.01. The van der Waals surface area contributed by atoms with Crippen molar-refractivity contribution in [3.63, 3.8) is 0 Å². The first-order valence-electron chi connectivity index (χ1n) is 7.56. The molecule has 3 N–H and O–H groups in total. The van der Waals surface area contributed by atoms with Crippen molar-refractivity contribution >= 4 is 17.8 Å². The van der Waals surface area contributed by atoms with Gasteiger partial charge in [-0.1, -0.05) is 43.7 Å². The summed E-state index contributed by atoms with van der Waals surface area (Å²) in [5, 5.41) is 14.4. The number of carbonyl (C=O) groups excluding carboxylic acids is 2. The van der Waals surface area contributed by atoms with Crippen molar-refractivity contribution in [2.45, 2.75) is 46.2 Å². The summed E-state index contributed by atoms with van der Waals surface area (Å²) in [5.41, 5.74) is 1.86. The van der Waals surface area contributed by atoms with Crippen molar-refractivity contribution in [3.05, 3.63) is 35.4 Å². The van der Waals surface area contributed by atoms with Crippen molar-refractivity contribution in [3.8, 4) is 0 Å². The number of hydrogen-bond donors (Lipinski definition) is 3. The van der Waals surface area contributed by atoms with Crippen LogP contribution < -0.4 is 10.6 Å². The Bertz CT molecular complexity index is 584. The van der Waals surface area contributed by atoms with Gasteiger partial charge in [-0.2, -0.15) is 0 Å². The molecule has 1 aromatic rings. The van der Waals surface area contributed by atoms with Gasteiger partial charge in [-0.25, -0.2) is 4.79 Å². The first-order valence-corrected chi connectivity index (χ1v) is 7.56. The zero-order valence-corrected chi connectivity index (χ0v) is 13.9. The lowest BCUT2D eigenvalue weighted by molar-refractivity contribution is -0.142. The Morgan fingerprint density at radius 2 is 1.83 bits per heavy atom. The van der Waals surface area contributed by atoms with E-state index in [4.69, 9.17) is 0 Å². The molecule has 0 radical (unpaired) electrons. The summed E-state index contributed by atoms with van der Waals surface area (Å²) in [5.74, 6) is -2.07. The number of carbonyl (C=O) groups is 3. The van der Waals surface area contributed by atoms with Gasteiger partial charge in [0.2, 0.25) is 11.8 Å². The summed E-state index contributed by atoms with van der Waals surface area (Å²) in [7, 11) is 0. The molecule has 0 bridgehead atoms. The zero-order valence-electron chi connectivity index (χ0n) is 13.9. The van der Waals surface area contributed by atoms with E-state index in [-0.39, 0.29) is 18.2 Å². The zero-order chi connectivity index (χ0) is 17.6. The minimum atomic E-state index is -1.11. The Hall–Kier alpha value is -2.37. The average molecular weight is 320 g/mol. The molecular formula is C17H24N2O4. The van der Waals surface area contributed by atoms with Crippen molar-refractivity contribution in [1.29, 1.82) is 0 Å². The van der Waals surface area contributed by atoms with Crippen LogP contribution >= 0.6 is 0 Å². The molecule has 0 saturated carbocycles. The number of aryl methyl sites for hydroxylation is 1. The van der Waals surface area contributed by atoms with E-state index in [1.165, 1.54) is 6.92 Å². The highest BCUT2D eigenvalue weighted by Crippen LogP contribution is 2.09. The number of carboxylic acid groups (broad SMARTS) is 1. The molecule has 0 spiro atoms. The van der Waals surface area contributed by atoms with Crippen molar-refractivity contribution in [2.75, 3.05) is 0 Å². The van der Waals surface area contributed by atoms with Crippen LogP contribution in [0.25, 0.3) is 0 Å². The molecular weight excluding hydrogens is 296 g/mol. The van der Waals surface area contributed by atoms with Gasteiger partial charge in [0, 0.05) is 13.3 Å². The normalized spacial score (nSPS) is 13.3. The molecule has 0 unspecified atom stereocenters. The van der Waals surface area contributed by atoms with Crippen molar-refractivity contribution in [1.82, 2.24) is 10.6 Å². The van der Waals surface area contributed by atoms with Crippen LogP contribution in [0.3, 0.4) is 0 Å². The molecule has 6 nitrogen and oxygen atoms in total. The van der Waals surface area contributed by atoms with E-state index >= 15 is 0 Å². The second kappa shape index (κ2) is 8.31. The van der Waals surface area contributed by atoms with Gasteiger partial charge in [-0.3, -0.25) is 9.59 Å². The fourth-order valence-electron chi connectivity index (χ4n) is 2.29. The Balaban J connectivity index is 2.84. The molecule has 0 aliphatic rings. The molecule has 126 valence electrons. The van der Waals surface area contributed by atoms with Gasteiger partial charge in [0.15, 0.2) is 0 Å². The van der Waals surface area contributed by atoms with Gasteiger partial charge >= 0.3 is 5.97 Å². The number of carboxylic acids is 1. The summed E-state index contributed by atoms with van der Waals surface area (Å²) < 4.78 is 0. The van der Waals surface area contributed by atoms with E-state index in [9.17, 15) is 19.5 Å². The summed E-state index contributed by atoms with van der Waals surface area (Å²) in [4.78, 5) is 34.9. The van der Waals surface area contributed by atoms with Gasteiger partial charge in [0.1, 0.15) is 12.1 Å². The van der Waals surface area contributed by atoms with Crippen LogP contribution in [0.15, 0.2) is 24.3 Å². The highest BCUT2D eigenvalue weighted by molar-refractivity contribution is 5.90. The van der Waals surface area contributed by atoms with E-state index in [0.29, 0.717) is 0 Å². The largest absolute Gasteiger partial charge is 0.480 e. The third-order valence-corrected chi connectivity index (χ3v) is 3.44. The smallest absolute Gasteiger partial charge is 0.326 e. The van der Waals surface area contributed by atoms with Gasteiger partial charge in [-0.15, -0.1) is 0 Å². The summed E-state index contributed by atoms with van der Waals surface area (Å²) in [6, 6.07) is 5.67. The van der Waals surface area contributed by atoms with Crippen LogP contribution in [0.4, 0.5) is 0 Å². The minimum Gasteiger partial charge on any atom is -0.480 e. The molecule has 23 heavy (non-hydrogen) atoms. The van der Waals surface area contributed by atoms with E-state index in [1.807, 2.05) is 31.2 Å². The highest BCUT2D eigenvalue weighted by atomic mass is 16.4. The maximum absolute atomic E-state index is 12.3. The first-order chi connectivity index (χ1) is 10.7. The van der Waals surface area contributed by atoms with E-state index < -0.39 is 24.0 Å². The summed E-state index contributed by atoms with van der Waals surface area (Å²) in [6.45, 7) is 6.82. The average Bonchev–Trinajstić information content (AvgIpc) is 2.43. The maximum Gasteiger partial charge on any atom is 0.326 e. The number of benzene rings is 1. The number of nitrogens with one attached hydrogen (secondary N) is 2. The van der Waals surface area contributed by atoms with E-state index in [0.717, 1.165) is 11.1 Å². The van der Waals surface area contributed by atoms with Gasteiger partial charge in [-0.05, 0) is 18.4 Å². The number of aliphatic carboxylic acids is 1. The Morgan fingerprint density at radius 1 is 1.17 bits per heavy atom. The molecule has 0 fully saturated rings. The quantitative estimate of drug-likeness (QED) is 0.705. The Morgan fingerprint density at radius 3 is 2.30 bits per heavy atom. The molecule has 0 aromatic heterocycles. The predicted molar refractivity (Wildman–Crippen MR) is 86.9 cm³/mol. The predicted octanol–water partition coefficient (Wildman–Crippen LogP) is 1.27. The molecule has 0 heterocycles. The molecule has 1 rings (SSSR count). The third-order valence-electron chi connectivity index (χ3n) is 3.44. The molecule has 2 atom stereocenters. The van der Waals surface area contributed by atoms with Crippen LogP contribution in [-0.2, 0) is 20.8 Å². The van der Waals surface area contributed by atoms with Gasteiger partial charge < -0.3 is 15.7 Å². The SMILES string of the molecule is CC(=O)N[C@@H](C(=O)N[C@H](Cc1cccc(C)c1)C(=O)O)C(C)C. The number of hydrogen-bond acceptors (Lipinski definition) is 3. The molecule has 0 saturated heterocycles. The molecule has 1 aromatic carbocycles. The van der Waals surface area contributed by atoms with Crippen LogP contribution in [0.1, 0.15) is 31.9 Å². The van der Waals surface area contributed by atoms with Crippen molar-refractivity contribution in [2.24, 2.45) is 5.92 Å². The molecule has 2 amide bonds. The summed E-state index contributed by atoms with van der Waals surface area (Å²) in [6.07, 6.45) is 0.188. The lowest BCUT2D eigenvalue weighted by Crippen LogP contribution is -2.53. The lowest BCUT2D eigenvalue weighted by Gasteiger charge is -2.23. The fourth-order valence-corrected chi connectivity index (χ4v) is 2.29. The monoisotopic (exact) mass is 320 g/mol. The fraction of sp³-hybridized carbons (Fsp3) is 0.471. The van der Waals surface area contributed by atoms with Gasteiger partial charge in [0.05, 0.1) is 0 Å². The van der Waals surface area contributed by atoms with Crippen LogP contribution in [0.5, 0.6) is 0 Å². The number of amides is 2. The highest BCUT2D eigenvalue weighted by Gasteiger charge is 2.28. The lowest BCUT2D eigenvalue weighted by atomic mass is 10.0. The maximum atomic E-state index is 12.3. The molecule has 0 aliphatic carbocycles. The van der Waals surface area contributed by atoms with E-state index in [2.05, 4.69) is 10.6 Å². The van der Waals surface area contributed by atoms with E-state index in [1.54, 1.807) is 13.8 Å². The second-order valence-corrected chi connectivity index (χ2v) is 6.01. The number of rotatable bonds is 7.